The Hall–Kier alpha value is -3.36. The standard InChI is InChI=1S/C22H15N3O3S2/c1-13-12-30-22-23-14(9-20(26)25(13)22)11-28-21(27)16-10-18(19-7-4-8-29-19)24-17-6-3-2-5-15(16)17/h2-10,12H,11H2,1H3. The fraction of sp³-hybridized carbons (Fsp3) is 0.0909. The number of thiophene rings is 1. The fourth-order valence-electron chi connectivity index (χ4n) is 3.29. The molecule has 0 aliphatic heterocycles. The summed E-state index contributed by atoms with van der Waals surface area (Å²) in [5, 5.41) is 4.56. The van der Waals surface area contributed by atoms with Crippen molar-refractivity contribution in [1.29, 1.82) is 0 Å². The van der Waals surface area contributed by atoms with E-state index in [-0.39, 0.29) is 12.2 Å². The summed E-state index contributed by atoms with van der Waals surface area (Å²) in [6.07, 6.45) is 0. The molecule has 0 bridgehead atoms. The molecule has 30 heavy (non-hydrogen) atoms. The van der Waals surface area contributed by atoms with Gasteiger partial charge in [0, 0.05) is 22.5 Å². The number of para-hydroxylation sites is 1. The van der Waals surface area contributed by atoms with Gasteiger partial charge in [-0.25, -0.2) is 14.8 Å². The Morgan fingerprint density at radius 3 is 2.80 bits per heavy atom. The second kappa shape index (κ2) is 7.47. The van der Waals surface area contributed by atoms with E-state index in [4.69, 9.17) is 4.74 Å². The monoisotopic (exact) mass is 433 g/mol. The van der Waals surface area contributed by atoms with Gasteiger partial charge >= 0.3 is 5.97 Å². The first kappa shape index (κ1) is 18.7. The van der Waals surface area contributed by atoms with Gasteiger partial charge in [-0.05, 0) is 30.5 Å². The molecule has 0 unspecified atom stereocenters. The maximum absolute atomic E-state index is 13.0. The molecule has 0 spiro atoms. The molecule has 0 saturated heterocycles. The predicted molar refractivity (Wildman–Crippen MR) is 118 cm³/mol. The van der Waals surface area contributed by atoms with Gasteiger partial charge in [0.15, 0.2) is 4.96 Å². The van der Waals surface area contributed by atoms with Crippen LogP contribution in [0.4, 0.5) is 0 Å². The van der Waals surface area contributed by atoms with Crippen molar-refractivity contribution in [3.8, 4) is 10.6 Å². The summed E-state index contributed by atoms with van der Waals surface area (Å²) >= 11 is 2.94. The average Bonchev–Trinajstić information content (AvgIpc) is 3.42. The first-order valence-electron chi connectivity index (χ1n) is 9.18. The maximum atomic E-state index is 13.0. The van der Waals surface area contributed by atoms with Crippen molar-refractivity contribution >= 4 is 44.5 Å². The number of nitrogens with zero attached hydrogens (tertiary/aromatic N) is 3. The SMILES string of the molecule is Cc1csc2nc(COC(=O)c3cc(-c4cccs4)nc4ccccc34)cc(=O)n12. The number of rotatable bonds is 4. The topological polar surface area (TPSA) is 73.6 Å². The first-order chi connectivity index (χ1) is 14.6. The number of aromatic nitrogens is 3. The molecule has 5 rings (SSSR count). The molecule has 0 aliphatic rings. The molecule has 0 fully saturated rings. The van der Waals surface area contributed by atoms with Crippen LogP contribution in [0.25, 0.3) is 26.4 Å². The van der Waals surface area contributed by atoms with Crippen molar-refractivity contribution in [2.45, 2.75) is 13.5 Å². The van der Waals surface area contributed by atoms with Crippen molar-refractivity contribution in [2.75, 3.05) is 0 Å². The van der Waals surface area contributed by atoms with Gasteiger partial charge in [-0.2, -0.15) is 0 Å². The molecule has 5 aromatic rings. The molecular formula is C22H15N3O3S2. The number of carbonyl (C=O) groups is 1. The van der Waals surface area contributed by atoms with E-state index in [0.717, 1.165) is 27.2 Å². The molecular weight excluding hydrogens is 418 g/mol. The van der Waals surface area contributed by atoms with Gasteiger partial charge in [0.05, 0.1) is 27.3 Å². The van der Waals surface area contributed by atoms with Crippen molar-refractivity contribution < 1.29 is 9.53 Å². The number of thiazole rings is 1. The number of esters is 1. The summed E-state index contributed by atoms with van der Waals surface area (Å²) in [7, 11) is 0. The van der Waals surface area contributed by atoms with E-state index in [2.05, 4.69) is 9.97 Å². The van der Waals surface area contributed by atoms with Gasteiger partial charge in [-0.15, -0.1) is 22.7 Å². The Bertz CT molecular complexity index is 1450. The van der Waals surface area contributed by atoms with Gasteiger partial charge in [-0.3, -0.25) is 9.20 Å². The molecule has 4 heterocycles. The van der Waals surface area contributed by atoms with Crippen LogP contribution < -0.4 is 5.56 Å². The highest BCUT2D eigenvalue weighted by Crippen LogP contribution is 2.28. The number of carbonyl (C=O) groups excluding carboxylic acids is 1. The van der Waals surface area contributed by atoms with E-state index >= 15 is 0 Å². The number of hydrogen-bond donors (Lipinski definition) is 0. The van der Waals surface area contributed by atoms with Crippen LogP contribution in [0.2, 0.25) is 0 Å². The molecule has 0 saturated carbocycles. The van der Waals surface area contributed by atoms with E-state index in [1.54, 1.807) is 21.8 Å². The molecule has 0 aliphatic carbocycles. The molecule has 6 nitrogen and oxygen atoms in total. The Balaban J connectivity index is 1.48. The second-order valence-electron chi connectivity index (χ2n) is 6.71. The zero-order valence-corrected chi connectivity index (χ0v) is 17.5. The normalized spacial score (nSPS) is 11.2. The largest absolute Gasteiger partial charge is 0.456 e. The quantitative estimate of drug-likeness (QED) is 0.384. The van der Waals surface area contributed by atoms with Gasteiger partial charge < -0.3 is 4.74 Å². The maximum Gasteiger partial charge on any atom is 0.339 e. The molecule has 8 heteroatoms. The van der Waals surface area contributed by atoms with Crippen molar-refractivity contribution in [2.24, 2.45) is 0 Å². The van der Waals surface area contributed by atoms with Gasteiger partial charge in [0.1, 0.15) is 6.61 Å². The number of ether oxygens (including phenoxy) is 1. The Morgan fingerprint density at radius 2 is 1.97 bits per heavy atom. The Labute approximate surface area is 179 Å². The van der Waals surface area contributed by atoms with E-state index in [0.29, 0.717) is 16.2 Å². The number of benzene rings is 1. The van der Waals surface area contributed by atoms with E-state index in [1.807, 2.05) is 54.1 Å². The summed E-state index contributed by atoms with van der Waals surface area (Å²) in [5.74, 6) is -0.476. The smallest absolute Gasteiger partial charge is 0.339 e. The van der Waals surface area contributed by atoms with Crippen molar-refractivity contribution in [1.82, 2.24) is 14.4 Å². The summed E-state index contributed by atoms with van der Waals surface area (Å²) in [4.78, 5) is 36.0. The molecule has 0 amide bonds. The minimum atomic E-state index is -0.476. The van der Waals surface area contributed by atoms with Gasteiger partial charge in [-0.1, -0.05) is 24.3 Å². The third-order valence-electron chi connectivity index (χ3n) is 4.69. The van der Waals surface area contributed by atoms with Crippen LogP contribution in [-0.2, 0) is 11.3 Å². The van der Waals surface area contributed by atoms with Crippen molar-refractivity contribution in [3.05, 3.63) is 86.6 Å². The van der Waals surface area contributed by atoms with Gasteiger partial charge in [0.25, 0.3) is 5.56 Å². The molecule has 148 valence electrons. The zero-order chi connectivity index (χ0) is 20.7. The highest BCUT2D eigenvalue weighted by atomic mass is 32.1. The van der Waals surface area contributed by atoms with Crippen LogP contribution in [0.5, 0.6) is 0 Å². The second-order valence-corrected chi connectivity index (χ2v) is 8.49. The average molecular weight is 434 g/mol. The number of hydrogen-bond acceptors (Lipinski definition) is 7. The molecule has 0 atom stereocenters. The van der Waals surface area contributed by atoms with Crippen LogP contribution in [0.3, 0.4) is 0 Å². The minimum absolute atomic E-state index is 0.0769. The fourth-order valence-corrected chi connectivity index (χ4v) is 4.86. The van der Waals surface area contributed by atoms with Crippen molar-refractivity contribution in [3.63, 3.8) is 0 Å². The van der Waals surface area contributed by atoms with Crippen LogP contribution >= 0.6 is 22.7 Å². The lowest BCUT2D eigenvalue weighted by Gasteiger charge is -2.09. The molecule has 0 radical (unpaired) electrons. The predicted octanol–water partition coefficient (Wildman–Crippen LogP) is 4.70. The van der Waals surface area contributed by atoms with Crippen LogP contribution in [0.15, 0.2) is 64.1 Å². The Morgan fingerprint density at radius 1 is 1.10 bits per heavy atom. The molecule has 4 aromatic heterocycles. The lowest BCUT2D eigenvalue weighted by molar-refractivity contribution is 0.0470. The summed E-state index contributed by atoms with van der Waals surface area (Å²) in [6.45, 7) is 1.78. The highest BCUT2D eigenvalue weighted by molar-refractivity contribution is 7.15. The van der Waals surface area contributed by atoms with E-state index in [9.17, 15) is 9.59 Å². The van der Waals surface area contributed by atoms with Crippen LogP contribution in [0, 0.1) is 6.92 Å². The zero-order valence-electron chi connectivity index (χ0n) is 15.9. The number of fused-ring (bicyclic) bond motifs is 2. The Kier molecular flexibility index (Phi) is 4.65. The van der Waals surface area contributed by atoms with Crippen LogP contribution in [-0.4, -0.2) is 20.3 Å². The number of aryl methyl sites for hydroxylation is 1. The summed E-state index contributed by atoms with van der Waals surface area (Å²) in [5.41, 5.74) is 2.96. The minimum Gasteiger partial charge on any atom is -0.456 e. The lowest BCUT2D eigenvalue weighted by Crippen LogP contribution is -2.16. The third kappa shape index (κ3) is 3.30. The summed E-state index contributed by atoms with van der Waals surface area (Å²) in [6, 6.07) is 14.5. The third-order valence-corrected chi connectivity index (χ3v) is 6.53. The molecule has 0 N–H and O–H groups in total. The van der Waals surface area contributed by atoms with E-state index in [1.165, 1.54) is 17.4 Å². The van der Waals surface area contributed by atoms with Crippen LogP contribution in [0.1, 0.15) is 21.7 Å². The van der Waals surface area contributed by atoms with E-state index < -0.39 is 5.97 Å². The molecule has 1 aromatic carbocycles. The lowest BCUT2D eigenvalue weighted by atomic mass is 10.1. The first-order valence-corrected chi connectivity index (χ1v) is 10.9. The highest BCUT2D eigenvalue weighted by Gasteiger charge is 2.16. The summed E-state index contributed by atoms with van der Waals surface area (Å²) < 4.78 is 7.08. The number of pyridine rings is 1. The van der Waals surface area contributed by atoms with Gasteiger partial charge in [0.2, 0.25) is 0 Å².